The van der Waals surface area contributed by atoms with Crippen molar-refractivity contribution in [1.82, 2.24) is 0 Å². The first-order valence-corrected chi connectivity index (χ1v) is 7.56. The normalized spacial score (nSPS) is 11.1. The van der Waals surface area contributed by atoms with Crippen molar-refractivity contribution in [2.24, 2.45) is 0 Å². The highest BCUT2D eigenvalue weighted by Crippen LogP contribution is 2.21. The summed E-state index contributed by atoms with van der Waals surface area (Å²) in [6, 6.07) is 12.1. The molecule has 3 nitrogen and oxygen atoms in total. The third kappa shape index (κ3) is 2.86. The molecule has 0 saturated carbocycles. The molecule has 0 bridgehead atoms. The van der Waals surface area contributed by atoms with E-state index in [-0.39, 0.29) is 10.6 Å². The van der Waals surface area contributed by atoms with Crippen molar-refractivity contribution in [1.29, 1.82) is 5.26 Å². The first kappa shape index (κ1) is 14.2. The molecule has 0 heterocycles. The fraction of sp³-hybridized carbons (Fsp3) is 0.133. The van der Waals surface area contributed by atoms with Gasteiger partial charge < -0.3 is 0 Å². The van der Waals surface area contributed by atoms with Crippen LogP contribution in [0.2, 0.25) is 0 Å². The van der Waals surface area contributed by atoms with Gasteiger partial charge in [0.05, 0.1) is 17.4 Å². The van der Waals surface area contributed by atoms with E-state index >= 15 is 0 Å². The number of aryl methyl sites for hydroxylation is 1. The van der Waals surface area contributed by atoms with Crippen LogP contribution in [0.25, 0.3) is 0 Å². The Hall–Kier alpha value is -2.19. The van der Waals surface area contributed by atoms with E-state index in [2.05, 4.69) is 0 Å². The molecule has 0 unspecified atom stereocenters. The summed E-state index contributed by atoms with van der Waals surface area (Å²) in [5.41, 5.74) is 1.73. The van der Waals surface area contributed by atoms with Gasteiger partial charge in [-0.15, -0.1) is 0 Å². The van der Waals surface area contributed by atoms with Crippen LogP contribution in [0.5, 0.6) is 0 Å². The molecule has 5 heteroatoms. The first-order chi connectivity index (χ1) is 9.44. The van der Waals surface area contributed by atoms with Crippen LogP contribution in [0.1, 0.15) is 16.7 Å². The summed E-state index contributed by atoms with van der Waals surface area (Å²) in [5.74, 6) is -1.04. The number of benzene rings is 2. The summed E-state index contributed by atoms with van der Waals surface area (Å²) in [7, 11) is -3.74. The Kier molecular flexibility index (Phi) is 3.86. The van der Waals surface area contributed by atoms with E-state index in [0.29, 0.717) is 16.7 Å². The van der Waals surface area contributed by atoms with Crippen LogP contribution in [0.4, 0.5) is 4.39 Å². The SMILES string of the molecule is Cc1cc(C#N)ccc1CS(=O)(=O)c1ccccc1F. The maximum Gasteiger partial charge on any atom is 0.185 e. The molecule has 0 radical (unpaired) electrons. The zero-order chi connectivity index (χ0) is 14.8. The lowest BCUT2D eigenvalue weighted by atomic mass is 10.1. The Morgan fingerprint density at radius 3 is 2.50 bits per heavy atom. The number of sulfone groups is 1. The predicted molar refractivity (Wildman–Crippen MR) is 73.2 cm³/mol. The molecule has 0 saturated heterocycles. The van der Waals surface area contributed by atoms with Gasteiger partial charge in [-0.3, -0.25) is 0 Å². The van der Waals surface area contributed by atoms with E-state index < -0.39 is 15.7 Å². The highest BCUT2D eigenvalue weighted by Gasteiger charge is 2.20. The standard InChI is InChI=1S/C15H12FNO2S/c1-11-8-12(9-17)6-7-13(11)10-20(18,19)15-5-3-2-4-14(15)16/h2-8H,10H2,1H3. The van der Waals surface area contributed by atoms with Gasteiger partial charge in [0.2, 0.25) is 0 Å². The monoisotopic (exact) mass is 289 g/mol. The third-order valence-corrected chi connectivity index (χ3v) is 4.68. The van der Waals surface area contributed by atoms with Crippen molar-refractivity contribution in [3.8, 4) is 6.07 Å². The zero-order valence-electron chi connectivity index (χ0n) is 10.8. The van der Waals surface area contributed by atoms with Crippen LogP contribution in [-0.2, 0) is 15.6 Å². The van der Waals surface area contributed by atoms with E-state index in [9.17, 15) is 12.8 Å². The Morgan fingerprint density at radius 1 is 1.20 bits per heavy atom. The van der Waals surface area contributed by atoms with E-state index in [0.717, 1.165) is 6.07 Å². The molecule has 2 aromatic rings. The smallest absolute Gasteiger partial charge is 0.185 e. The van der Waals surface area contributed by atoms with Crippen LogP contribution in [0, 0.1) is 24.1 Å². The molecular formula is C15H12FNO2S. The van der Waals surface area contributed by atoms with Crippen LogP contribution in [-0.4, -0.2) is 8.42 Å². The topological polar surface area (TPSA) is 57.9 Å². The van der Waals surface area contributed by atoms with Crippen LogP contribution in [0.15, 0.2) is 47.4 Å². The fourth-order valence-corrected chi connectivity index (χ4v) is 3.45. The van der Waals surface area contributed by atoms with Gasteiger partial charge in [0.15, 0.2) is 9.84 Å². The van der Waals surface area contributed by atoms with Gasteiger partial charge in [0.25, 0.3) is 0 Å². The molecule has 0 amide bonds. The summed E-state index contributed by atoms with van der Waals surface area (Å²) in [6.07, 6.45) is 0. The van der Waals surface area contributed by atoms with Gasteiger partial charge in [-0.2, -0.15) is 5.26 Å². The minimum Gasteiger partial charge on any atom is -0.223 e. The van der Waals surface area contributed by atoms with Crippen molar-refractivity contribution < 1.29 is 12.8 Å². The molecule has 0 aliphatic heterocycles. The van der Waals surface area contributed by atoms with Crippen LogP contribution >= 0.6 is 0 Å². The van der Waals surface area contributed by atoms with Gasteiger partial charge in [-0.1, -0.05) is 18.2 Å². The molecule has 0 N–H and O–H groups in total. The third-order valence-electron chi connectivity index (χ3n) is 2.99. The van der Waals surface area contributed by atoms with Crippen molar-refractivity contribution in [2.45, 2.75) is 17.6 Å². The van der Waals surface area contributed by atoms with E-state index in [4.69, 9.17) is 5.26 Å². The Labute approximate surface area is 117 Å². The molecule has 2 rings (SSSR count). The average Bonchev–Trinajstić information content (AvgIpc) is 2.41. The zero-order valence-corrected chi connectivity index (χ0v) is 11.6. The second-order valence-corrected chi connectivity index (χ2v) is 6.40. The summed E-state index contributed by atoms with van der Waals surface area (Å²) in [4.78, 5) is -0.302. The molecule has 2 aromatic carbocycles. The van der Waals surface area contributed by atoms with E-state index in [1.165, 1.54) is 18.2 Å². The predicted octanol–water partition coefficient (Wildman–Crippen LogP) is 2.98. The summed E-state index contributed by atoms with van der Waals surface area (Å²) in [5, 5.41) is 8.78. The van der Waals surface area contributed by atoms with E-state index in [1.54, 1.807) is 25.1 Å². The van der Waals surface area contributed by atoms with Crippen molar-refractivity contribution in [3.63, 3.8) is 0 Å². The second kappa shape index (κ2) is 5.43. The van der Waals surface area contributed by atoms with Crippen molar-refractivity contribution >= 4 is 9.84 Å². The Morgan fingerprint density at radius 2 is 1.90 bits per heavy atom. The molecule has 102 valence electrons. The quantitative estimate of drug-likeness (QED) is 0.872. The lowest BCUT2D eigenvalue weighted by molar-refractivity contribution is 0.566. The van der Waals surface area contributed by atoms with Gasteiger partial charge in [-0.05, 0) is 42.3 Å². The highest BCUT2D eigenvalue weighted by atomic mass is 32.2. The lowest BCUT2D eigenvalue weighted by Gasteiger charge is -2.08. The van der Waals surface area contributed by atoms with Crippen molar-refractivity contribution in [2.75, 3.05) is 0 Å². The average molecular weight is 289 g/mol. The molecule has 0 aromatic heterocycles. The summed E-state index contributed by atoms with van der Waals surface area (Å²) in [6.45, 7) is 1.73. The van der Waals surface area contributed by atoms with Gasteiger partial charge in [-0.25, -0.2) is 12.8 Å². The molecule has 0 spiro atoms. The minimum atomic E-state index is -3.74. The molecule has 0 aliphatic carbocycles. The van der Waals surface area contributed by atoms with Gasteiger partial charge >= 0.3 is 0 Å². The van der Waals surface area contributed by atoms with E-state index in [1.807, 2.05) is 6.07 Å². The molecular weight excluding hydrogens is 277 g/mol. The largest absolute Gasteiger partial charge is 0.223 e. The lowest BCUT2D eigenvalue weighted by Crippen LogP contribution is -2.08. The summed E-state index contributed by atoms with van der Waals surface area (Å²) < 4.78 is 38.0. The summed E-state index contributed by atoms with van der Waals surface area (Å²) >= 11 is 0. The Bertz CT molecular complexity index is 792. The molecule has 0 aliphatic rings. The van der Waals surface area contributed by atoms with Crippen molar-refractivity contribution in [3.05, 3.63) is 65.0 Å². The minimum absolute atomic E-state index is 0.286. The number of rotatable bonds is 3. The molecule has 0 fully saturated rings. The fourth-order valence-electron chi connectivity index (χ4n) is 1.91. The maximum atomic E-state index is 13.6. The van der Waals surface area contributed by atoms with Crippen LogP contribution in [0.3, 0.4) is 0 Å². The number of hydrogen-bond donors (Lipinski definition) is 0. The second-order valence-electron chi connectivity index (χ2n) is 4.44. The Balaban J connectivity index is 2.40. The highest BCUT2D eigenvalue weighted by molar-refractivity contribution is 7.90. The van der Waals surface area contributed by atoms with Gasteiger partial charge in [0.1, 0.15) is 10.7 Å². The molecule has 0 atom stereocenters. The maximum absolute atomic E-state index is 13.6. The number of halogens is 1. The molecule has 20 heavy (non-hydrogen) atoms. The number of hydrogen-bond acceptors (Lipinski definition) is 3. The van der Waals surface area contributed by atoms with Crippen LogP contribution < -0.4 is 0 Å². The number of nitriles is 1. The van der Waals surface area contributed by atoms with Gasteiger partial charge in [0, 0.05) is 0 Å². The number of nitrogens with zero attached hydrogens (tertiary/aromatic N) is 1. The first-order valence-electron chi connectivity index (χ1n) is 5.91.